The quantitative estimate of drug-likeness (QED) is 0.537. The van der Waals surface area contributed by atoms with E-state index in [0.717, 1.165) is 22.9 Å². The maximum absolute atomic E-state index is 12.4. The molecule has 0 aromatic heterocycles. The molecule has 0 fully saturated rings. The van der Waals surface area contributed by atoms with Crippen molar-refractivity contribution < 1.29 is 24.2 Å². The zero-order valence-electron chi connectivity index (χ0n) is 18.0. The number of thioether (sulfide) groups is 1. The van der Waals surface area contributed by atoms with Crippen molar-refractivity contribution in [3.63, 3.8) is 0 Å². The topological polar surface area (TPSA) is 85.2 Å². The number of aliphatic hydroxyl groups excluding tert-OH is 1. The second-order valence-corrected chi connectivity index (χ2v) is 7.96. The summed E-state index contributed by atoms with van der Waals surface area (Å²) in [4.78, 5) is 28.9. The van der Waals surface area contributed by atoms with Crippen molar-refractivity contribution in [3.8, 4) is 5.75 Å². The second-order valence-electron chi connectivity index (χ2n) is 6.93. The number of hydrogen-bond donors (Lipinski definition) is 1. The van der Waals surface area contributed by atoms with E-state index in [2.05, 4.69) is 4.99 Å². The molecule has 0 radical (unpaired) electrons. The van der Waals surface area contributed by atoms with Gasteiger partial charge in [0.1, 0.15) is 28.7 Å². The van der Waals surface area contributed by atoms with Crippen LogP contribution in [0.5, 0.6) is 5.75 Å². The third-order valence-corrected chi connectivity index (χ3v) is 5.52. The molecule has 0 atom stereocenters. The van der Waals surface area contributed by atoms with Gasteiger partial charge in [0.2, 0.25) is 5.91 Å². The van der Waals surface area contributed by atoms with Crippen LogP contribution in [0.2, 0.25) is 0 Å². The van der Waals surface area contributed by atoms with Crippen LogP contribution in [0.15, 0.2) is 75.8 Å². The molecule has 0 saturated carbocycles. The Bertz CT molecular complexity index is 1070. The van der Waals surface area contributed by atoms with E-state index in [1.54, 1.807) is 13.0 Å². The number of benzene rings is 2. The monoisotopic (exact) mass is 451 g/mol. The SMILES string of the molecule is CCCC(=O)N=C1S/C(=C\c2ccccc2OCc2ccccc2)C(O)=C1C(=O)OCC. The number of hydrogen-bond acceptors (Lipinski definition) is 6. The van der Waals surface area contributed by atoms with Gasteiger partial charge in [0.15, 0.2) is 0 Å². The largest absolute Gasteiger partial charge is 0.506 e. The van der Waals surface area contributed by atoms with Crippen LogP contribution in [-0.2, 0) is 20.9 Å². The molecular formula is C25H25NO5S. The Morgan fingerprint density at radius 2 is 1.78 bits per heavy atom. The highest BCUT2D eigenvalue weighted by Crippen LogP contribution is 2.40. The first-order chi connectivity index (χ1) is 15.5. The first-order valence-electron chi connectivity index (χ1n) is 10.4. The predicted octanol–water partition coefficient (Wildman–Crippen LogP) is 5.45. The molecule has 6 nitrogen and oxygen atoms in total. The molecule has 1 N–H and O–H groups in total. The Labute approximate surface area is 191 Å². The van der Waals surface area contributed by atoms with Crippen LogP contribution in [0.3, 0.4) is 0 Å². The summed E-state index contributed by atoms with van der Waals surface area (Å²) in [6.07, 6.45) is 2.61. The molecular weight excluding hydrogens is 426 g/mol. The maximum atomic E-state index is 12.4. The summed E-state index contributed by atoms with van der Waals surface area (Å²) < 4.78 is 11.0. The third-order valence-electron chi connectivity index (χ3n) is 4.50. The van der Waals surface area contributed by atoms with E-state index in [1.165, 1.54) is 0 Å². The molecule has 2 aromatic carbocycles. The Morgan fingerprint density at radius 3 is 2.50 bits per heavy atom. The average Bonchev–Trinajstić information content (AvgIpc) is 3.08. The first kappa shape index (κ1) is 23.3. The molecule has 1 amide bonds. The van der Waals surface area contributed by atoms with Crippen LogP contribution in [-0.4, -0.2) is 28.6 Å². The number of nitrogens with zero attached hydrogens (tertiary/aromatic N) is 1. The van der Waals surface area contributed by atoms with Crippen LogP contribution in [0.4, 0.5) is 0 Å². The number of aliphatic imine (C=N–C) groups is 1. The van der Waals surface area contributed by atoms with E-state index < -0.39 is 5.97 Å². The second kappa shape index (κ2) is 11.3. The Hall–Kier alpha value is -3.32. The molecule has 0 spiro atoms. The lowest BCUT2D eigenvalue weighted by atomic mass is 10.1. The van der Waals surface area contributed by atoms with Crippen LogP contribution >= 0.6 is 11.8 Å². The number of esters is 1. The van der Waals surface area contributed by atoms with Gasteiger partial charge in [0, 0.05) is 12.0 Å². The summed E-state index contributed by atoms with van der Waals surface area (Å²) >= 11 is 1.06. The molecule has 0 aliphatic carbocycles. The molecule has 2 aromatic rings. The standard InChI is InChI=1S/C25H25NO5S/c1-3-10-21(27)26-24-22(25(29)30-4-2)23(28)20(32-24)15-18-13-8-9-14-19(18)31-16-17-11-6-5-7-12-17/h5-9,11-15,28H,3-4,10,16H2,1-2H3/b20-15-,26-24?. The number of ether oxygens (including phenoxy) is 2. The summed E-state index contributed by atoms with van der Waals surface area (Å²) in [6, 6.07) is 17.2. The van der Waals surface area contributed by atoms with Gasteiger partial charge in [-0.2, -0.15) is 0 Å². The highest BCUT2D eigenvalue weighted by molar-refractivity contribution is 8.18. The van der Waals surface area contributed by atoms with Gasteiger partial charge in [-0.25, -0.2) is 9.79 Å². The molecule has 1 aliphatic heterocycles. The summed E-state index contributed by atoms with van der Waals surface area (Å²) in [6.45, 7) is 4.08. The number of rotatable bonds is 8. The lowest BCUT2D eigenvalue weighted by Gasteiger charge is -2.10. The van der Waals surface area contributed by atoms with E-state index in [0.29, 0.717) is 23.7 Å². The lowest BCUT2D eigenvalue weighted by molar-refractivity contribution is -0.138. The van der Waals surface area contributed by atoms with Crippen molar-refractivity contribution >= 4 is 34.8 Å². The molecule has 1 heterocycles. The molecule has 0 bridgehead atoms. The van der Waals surface area contributed by atoms with Crippen LogP contribution < -0.4 is 4.74 Å². The molecule has 0 saturated heterocycles. The van der Waals surface area contributed by atoms with Gasteiger partial charge < -0.3 is 14.6 Å². The summed E-state index contributed by atoms with van der Waals surface area (Å²) in [7, 11) is 0. The maximum Gasteiger partial charge on any atom is 0.344 e. The fourth-order valence-corrected chi connectivity index (χ4v) is 4.01. The first-order valence-corrected chi connectivity index (χ1v) is 11.2. The summed E-state index contributed by atoms with van der Waals surface area (Å²) in [5.74, 6) is -0.688. The van der Waals surface area contributed by atoms with Gasteiger partial charge >= 0.3 is 5.97 Å². The van der Waals surface area contributed by atoms with Crippen molar-refractivity contribution in [2.45, 2.75) is 33.3 Å². The van der Waals surface area contributed by atoms with Crippen LogP contribution in [0, 0.1) is 0 Å². The molecule has 32 heavy (non-hydrogen) atoms. The van der Waals surface area contributed by atoms with Gasteiger partial charge in [0.05, 0.1) is 11.5 Å². The fourth-order valence-electron chi connectivity index (χ4n) is 2.98. The molecule has 166 valence electrons. The van der Waals surface area contributed by atoms with Crippen LogP contribution in [0.25, 0.3) is 6.08 Å². The van der Waals surface area contributed by atoms with E-state index in [-0.39, 0.29) is 35.3 Å². The van der Waals surface area contributed by atoms with E-state index in [4.69, 9.17) is 9.47 Å². The highest BCUT2D eigenvalue weighted by atomic mass is 32.2. The van der Waals surface area contributed by atoms with Gasteiger partial charge in [-0.05, 0) is 31.1 Å². The predicted molar refractivity (Wildman–Crippen MR) is 126 cm³/mol. The average molecular weight is 452 g/mol. The normalized spacial score (nSPS) is 15.9. The zero-order chi connectivity index (χ0) is 22.9. The Balaban J connectivity index is 1.92. The fraction of sp³-hybridized carbons (Fsp3) is 0.240. The number of para-hydroxylation sites is 1. The third kappa shape index (κ3) is 5.88. The number of carbonyl (C=O) groups is 2. The zero-order valence-corrected chi connectivity index (χ0v) is 18.9. The number of amides is 1. The van der Waals surface area contributed by atoms with E-state index in [1.807, 2.05) is 61.5 Å². The molecule has 1 aliphatic rings. The summed E-state index contributed by atoms with van der Waals surface area (Å²) in [5, 5.41) is 10.9. The molecule has 3 rings (SSSR count). The molecule has 0 unspecified atom stereocenters. The van der Waals surface area contributed by atoms with Gasteiger partial charge in [-0.3, -0.25) is 4.79 Å². The number of aliphatic hydroxyl groups is 1. The van der Waals surface area contributed by atoms with Gasteiger partial charge in [0.25, 0.3) is 0 Å². The van der Waals surface area contributed by atoms with Gasteiger partial charge in [-0.15, -0.1) is 0 Å². The highest BCUT2D eigenvalue weighted by Gasteiger charge is 2.33. The Kier molecular flexibility index (Phi) is 8.27. The van der Waals surface area contributed by atoms with Crippen molar-refractivity contribution in [2.75, 3.05) is 6.61 Å². The van der Waals surface area contributed by atoms with Crippen molar-refractivity contribution in [1.29, 1.82) is 0 Å². The minimum Gasteiger partial charge on any atom is -0.506 e. The van der Waals surface area contributed by atoms with Crippen molar-refractivity contribution in [3.05, 3.63) is 82.0 Å². The lowest BCUT2D eigenvalue weighted by Crippen LogP contribution is -2.14. The van der Waals surface area contributed by atoms with E-state index in [9.17, 15) is 14.7 Å². The van der Waals surface area contributed by atoms with Crippen LogP contribution in [0.1, 0.15) is 37.8 Å². The molecule has 7 heteroatoms. The minimum atomic E-state index is -0.711. The van der Waals surface area contributed by atoms with Crippen molar-refractivity contribution in [1.82, 2.24) is 0 Å². The summed E-state index contributed by atoms with van der Waals surface area (Å²) in [5.41, 5.74) is 1.67. The van der Waals surface area contributed by atoms with Crippen molar-refractivity contribution in [2.24, 2.45) is 4.99 Å². The Morgan fingerprint density at radius 1 is 1.06 bits per heavy atom. The number of carbonyl (C=O) groups excluding carboxylic acids is 2. The minimum absolute atomic E-state index is 0.0877. The van der Waals surface area contributed by atoms with Gasteiger partial charge in [-0.1, -0.05) is 67.2 Å². The smallest absolute Gasteiger partial charge is 0.344 e. The van der Waals surface area contributed by atoms with E-state index >= 15 is 0 Å².